The minimum Gasteiger partial charge on any atom is -0.496 e. The molecular weight excluding hydrogens is 380 g/mol. The molecule has 0 fully saturated rings. The molecule has 1 aliphatic heterocycles. The van der Waals surface area contributed by atoms with Crippen LogP contribution in [0.2, 0.25) is 0 Å². The van der Waals surface area contributed by atoms with Gasteiger partial charge in [-0.15, -0.1) is 11.3 Å². The Bertz CT molecular complexity index is 963. The molecule has 8 heteroatoms. The first-order chi connectivity index (χ1) is 13.5. The molecule has 0 saturated carbocycles. The summed E-state index contributed by atoms with van der Waals surface area (Å²) in [7, 11) is 1.50. The number of nitrogens with one attached hydrogen (secondary N) is 1. The number of methoxy groups -OCH3 is 1. The van der Waals surface area contributed by atoms with Gasteiger partial charge in [-0.1, -0.05) is 24.3 Å². The average molecular weight is 400 g/mol. The molecule has 0 radical (unpaired) electrons. The Labute approximate surface area is 166 Å². The van der Waals surface area contributed by atoms with Gasteiger partial charge in [-0.3, -0.25) is 10.1 Å². The van der Waals surface area contributed by atoms with Crippen LogP contribution in [-0.2, 0) is 9.53 Å². The minimum absolute atomic E-state index is 0.111. The maximum Gasteiger partial charge on any atom is 0.336 e. The largest absolute Gasteiger partial charge is 0.496 e. The second-order valence-corrected chi connectivity index (χ2v) is 7.00. The third-order valence-corrected chi connectivity index (χ3v) is 5.33. The van der Waals surface area contributed by atoms with Crippen LogP contribution >= 0.6 is 11.3 Å². The number of rotatable bonds is 6. The zero-order valence-electron chi connectivity index (χ0n) is 15.7. The predicted octanol–water partition coefficient (Wildman–Crippen LogP) is 3.93. The Morgan fingerprint density at radius 1 is 1.29 bits per heavy atom. The number of thiophene rings is 1. The number of nitrogens with zero attached hydrogens (tertiary/aromatic N) is 1. The number of carbonyl (C=O) groups is 1. The van der Waals surface area contributed by atoms with E-state index < -0.39 is 16.8 Å². The molecule has 3 rings (SSSR count). The maximum absolute atomic E-state index is 12.7. The molecule has 2 heterocycles. The number of ether oxygens (including phenoxy) is 2. The molecule has 1 aromatic heterocycles. The zero-order valence-corrected chi connectivity index (χ0v) is 16.5. The fraction of sp³-hybridized carbons (Fsp3) is 0.250. The van der Waals surface area contributed by atoms with E-state index in [1.54, 1.807) is 44.2 Å². The number of para-hydroxylation sites is 1. The highest BCUT2D eigenvalue weighted by atomic mass is 32.1. The zero-order chi connectivity index (χ0) is 20.3. The van der Waals surface area contributed by atoms with Crippen LogP contribution in [0.25, 0.3) is 5.70 Å². The summed E-state index contributed by atoms with van der Waals surface area (Å²) in [4.78, 5) is 25.2. The van der Waals surface area contributed by atoms with E-state index >= 15 is 0 Å². The third kappa shape index (κ3) is 3.50. The van der Waals surface area contributed by atoms with Crippen LogP contribution in [0, 0.1) is 10.1 Å². The lowest BCUT2D eigenvalue weighted by molar-refractivity contribution is -0.428. The number of hydrogen-bond acceptors (Lipinski definition) is 7. The van der Waals surface area contributed by atoms with E-state index in [1.807, 2.05) is 11.4 Å². The van der Waals surface area contributed by atoms with Crippen molar-refractivity contribution in [1.82, 2.24) is 5.32 Å². The Balaban J connectivity index is 2.30. The highest BCUT2D eigenvalue weighted by Gasteiger charge is 2.43. The summed E-state index contributed by atoms with van der Waals surface area (Å²) >= 11 is 1.38. The third-order valence-electron chi connectivity index (χ3n) is 4.44. The number of benzene rings is 1. The Morgan fingerprint density at radius 3 is 2.64 bits per heavy atom. The summed E-state index contributed by atoms with van der Waals surface area (Å²) in [5.41, 5.74) is 1.53. The number of carbonyl (C=O) groups excluding carboxylic acids is 1. The summed E-state index contributed by atoms with van der Waals surface area (Å²) in [6.07, 6.45) is 0. The highest BCUT2D eigenvalue weighted by Crippen LogP contribution is 2.44. The number of allylic oxidation sites excluding steroid dienone is 2. The second-order valence-electron chi connectivity index (χ2n) is 6.05. The number of hydrogen-bond donors (Lipinski definition) is 1. The fourth-order valence-electron chi connectivity index (χ4n) is 3.31. The smallest absolute Gasteiger partial charge is 0.336 e. The van der Waals surface area contributed by atoms with E-state index in [0.717, 1.165) is 0 Å². The summed E-state index contributed by atoms with van der Waals surface area (Å²) in [5.74, 6) is -1.05. The first kappa shape index (κ1) is 19.6. The van der Waals surface area contributed by atoms with Gasteiger partial charge in [0.1, 0.15) is 17.4 Å². The molecule has 0 bridgehead atoms. The SMILES string of the molecule is CCOC(=O)C1=C(C)NC(c2cccs2)=C([N+](=O)[O-])C1c1ccccc1OC. The molecule has 2 aromatic rings. The number of dihydropyridines is 1. The van der Waals surface area contributed by atoms with E-state index in [9.17, 15) is 14.9 Å². The molecule has 1 aliphatic rings. The van der Waals surface area contributed by atoms with Crippen LogP contribution in [-0.4, -0.2) is 24.6 Å². The van der Waals surface area contributed by atoms with Crippen LogP contribution in [0.4, 0.5) is 0 Å². The molecule has 0 amide bonds. The molecule has 1 unspecified atom stereocenters. The van der Waals surface area contributed by atoms with Crippen molar-refractivity contribution >= 4 is 23.0 Å². The van der Waals surface area contributed by atoms with Gasteiger partial charge in [-0.05, 0) is 31.4 Å². The lowest BCUT2D eigenvalue weighted by Gasteiger charge is -2.28. The Hall–Kier alpha value is -3.13. The quantitative estimate of drug-likeness (QED) is 0.449. The van der Waals surface area contributed by atoms with Crippen molar-refractivity contribution in [3.8, 4) is 5.75 Å². The minimum atomic E-state index is -0.927. The summed E-state index contributed by atoms with van der Waals surface area (Å²) < 4.78 is 10.6. The van der Waals surface area contributed by atoms with E-state index in [2.05, 4.69) is 5.32 Å². The standard InChI is InChI=1S/C20H20N2O5S/c1-4-27-20(23)16-12(2)21-18(15-10-7-11-28-15)19(22(24)25)17(16)13-8-5-6-9-14(13)26-3/h5-11,17,21H,4H2,1-3H3. The lowest BCUT2D eigenvalue weighted by Crippen LogP contribution is -2.31. The van der Waals surface area contributed by atoms with Crippen LogP contribution in [0.3, 0.4) is 0 Å². The summed E-state index contributed by atoms with van der Waals surface area (Å²) in [6.45, 7) is 3.59. The lowest BCUT2D eigenvalue weighted by atomic mass is 9.83. The predicted molar refractivity (Wildman–Crippen MR) is 106 cm³/mol. The van der Waals surface area contributed by atoms with Crippen molar-refractivity contribution in [2.45, 2.75) is 19.8 Å². The normalized spacial score (nSPS) is 16.6. The molecular formula is C20H20N2O5S. The van der Waals surface area contributed by atoms with Crippen molar-refractivity contribution in [1.29, 1.82) is 0 Å². The molecule has 7 nitrogen and oxygen atoms in total. The monoisotopic (exact) mass is 400 g/mol. The molecule has 1 atom stereocenters. The molecule has 28 heavy (non-hydrogen) atoms. The second kappa shape index (κ2) is 8.26. The maximum atomic E-state index is 12.7. The summed E-state index contributed by atoms with van der Waals surface area (Å²) in [6, 6.07) is 10.6. The van der Waals surface area contributed by atoms with Gasteiger partial charge in [0.25, 0.3) is 5.70 Å². The van der Waals surface area contributed by atoms with Crippen molar-refractivity contribution in [2.75, 3.05) is 13.7 Å². The van der Waals surface area contributed by atoms with Gasteiger partial charge >= 0.3 is 5.97 Å². The van der Waals surface area contributed by atoms with E-state index in [-0.39, 0.29) is 17.9 Å². The van der Waals surface area contributed by atoms with Gasteiger partial charge in [0.05, 0.1) is 29.1 Å². The van der Waals surface area contributed by atoms with Crippen molar-refractivity contribution in [3.63, 3.8) is 0 Å². The molecule has 0 aliphatic carbocycles. The van der Waals surface area contributed by atoms with E-state index in [0.29, 0.717) is 27.6 Å². The first-order valence-electron chi connectivity index (χ1n) is 8.69. The van der Waals surface area contributed by atoms with Crippen LogP contribution in [0.1, 0.15) is 30.2 Å². The first-order valence-corrected chi connectivity index (χ1v) is 9.57. The van der Waals surface area contributed by atoms with Gasteiger partial charge < -0.3 is 14.8 Å². The van der Waals surface area contributed by atoms with Gasteiger partial charge in [0.2, 0.25) is 0 Å². The average Bonchev–Trinajstić information content (AvgIpc) is 3.21. The van der Waals surface area contributed by atoms with Crippen molar-refractivity contribution < 1.29 is 19.2 Å². The molecule has 1 N–H and O–H groups in total. The van der Waals surface area contributed by atoms with E-state index in [1.165, 1.54) is 18.4 Å². The van der Waals surface area contributed by atoms with Gasteiger partial charge in [-0.25, -0.2) is 4.79 Å². The molecule has 0 saturated heterocycles. The Kier molecular flexibility index (Phi) is 5.79. The van der Waals surface area contributed by atoms with Crippen molar-refractivity contribution in [3.05, 3.63) is 79.3 Å². The van der Waals surface area contributed by atoms with Crippen LogP contribution in [0.5, 0.6) is 5.75 Å². The van der Waals surface area contributed by atoms with Crippen LogP contribution < -0.4 is 10.1 Å². The van der Waals surface area contributed by atoms with Gasteiger partial charge in [0.15, 0.2) is 0 Å². The number of esters is 1. The number of nitro groups is 1. The summed E-state index contributed by atoms with van der Waals surface area (Å²) in [5, 5.41) is 17.1. The van der Waals surface area contributed by atoms with Gasteiger partial charge in [0, 0.05) is 11.3 Å². The van der Waals surface area contributed by atoms with Gasteiger partial charge in [-0.2, -0.15) is 0 Å². The van der Waals surface area contributed by atoms with Crippen molar-refractivity contribution in [2.24, 2.45) is 0 Å². The van der Waals surface area contributed by atoms with E-state index in [4.69, 9.17) is 9.47 Å². The highest BCUT2D eigenvalue weighted by molar-refractivity contribution is 7.11. The van der Waals surface area contributed by atoms with Crippen LogP contribution in [0.15, 0.2) is 58.7 Å². The topological polar surface area (TPSA) is 90.7 Å². The fourth-order valence-corrected chi connectivity index (χ4v) is 4.04. The molecule has 146 valence electrons. The Morgan fingerprint density at radius 2 is 2.04 bits per heavy atom. The molecule has 1 aromatic carbocycles. The molecule has 0 spiro atoms.